The van der Waals surface area contributed by atoms with Crippen LogP contribution >= 0.6 is 12.4 Å². The fourth-order valence-electron chi connectivity index (χ4n) is 2.67. The van der Waals surface area contributed by atoms with Crippen molar-refractivity contribution in [2.24, 2.45) is 5.73 Å². The van der Waals surface area contributed by atoms with Gasteiger partial charge in [0.1, 0.15) is 0 Å². The van der Waals surface area contributed by atoms with Gasteiger partial charge in [0, 0.05) is 24.7 Å². The smallest absolute Gasteiger partial charge is 0.254 e. The molecule has 0 aliphatic carbocycles. The van der Waals surface area contributed by atoms with Crippen LogP contribution in [0.4, 0.5) is 0 Å². The highest BCUT2D eigenvalue weighted by molar-refractivity contribution is 5.96. The van der Waals surface area contributed by atoms with Crippen LogP contribution in [0.2, 0.25) is 0 Å². The van der Waals surface area contributed by atoms with Crippen LogP contribution in [-0.2, 0) is 0 Å². The summed E-state index contributed by atoms with van der Waals surface area (Å²) in [4.78, 5) is 14.5. The van der Waals surface area contributed by atoms with Crippen molar-refractivity contribution in [2.45, 2.75) is 33.2 Å². The molecule has 0 bridgehead atoms. The zero-order valence-corrected chi connectivity index (χ0v) is 15.4. The van der Waals surface area contributed by atoms with Crippen LogP contribution in [0.3, 0.4) is 0 Å². The van der Waals surface area contributed by atoms with Crippen molar-refractivity contribution in [1.82, 2.24) is 4.90 Å². The lowest BCUT2D eigenvalue weighted by Crippen LogP contribution is -2.31. The molecular weight excluding hydrogens is 332 g/mol. The van der Waals surface area contributed by atoms with E-state index in [1.54, 1.807) is 17.0 Å². The molecule has 1 atom stereocenters. The first kappa shape index (κ1) is 20.4. The monoisotopic (exact) mass is 358 g/mol. The summed E-state index contributed by atoms with van der Waals surface area (Å²) >= 11 is 0. The standard InChI is InChI=1S/C17H26N2O4.ClH/c1-4-21-14-9-12(17(20)19-8-7-13(18)11-19)10-15(22-5-2)16(14)23-6-3;/h9-10,13H,4-8,11,18H2,1-3H3;1H/t13-;/m1./s1. The Hall–Kier alpha value is -1.66. The fraction of sp³-hybridized carbons (Fsp3) is 0.588. The fourth-order valence-corrected chi connectivity index (χ4v) is 2.67. The van der Waals surface area contributed by atoms with Crippen molar-refractivity contribution in [1.29, 1.82) is 0 Å². The molecule has 0 aromatic heterocycles. The van der Waals surface area contributed by atoms with Gasteiger partial charge in [0.05, 0.1) is 19.8 Å². The summed E-state index contributed by atoms with van der Waals surface area (Å²) in [6, 6.07) is 3.51. The first-order valence-corrected chi connectivity index (χ1v) is 8.21. The molecular formula is C17H27ClN2O4. The lowest BCUT2D eigenvalue weighted by molar-refractivity contribution is 0.0789. The second kappa shape index (κ2) is 9.59. The molecule has 7 heteroatoms. The van der Waals surface area contributed by atoms with Gasteiger partial charge >= 0.3 is 0 Å². The molecule has 0 spiro atoms. The van der Waals surface area contributed by atoms with Crippen LogP contribution in [0.25, 0.3) is 0 Å². The topological polar surface area (TPSA) is 74.0 Å². The molecule has 1 saturated heterocycles. The first-order valence-electron chi connectivity index (χ1n) is 8.21. The SMILES string of the molecule is CCOc1cc(C(=O)N2CC[C@@H](N)C2)cc(OCC)c1OCC.Cl. The number of benzene rings is 1. The summed E-state index contributed by atoms with van der Waals surface area (Å²) in [7, 11) is 0. The number of likely N-dealkylation sites (tertiary alicyclic amines) is 1. The number of carbonyl (C=O) groups is 1. The lowest BCUT2D eigenvalue weighted by Gasteiger charge is -2.20. The molecule has 0 saturated carbocycles. The van der Waals surface area contributed by atoms with Crippen molar-refractivity contribution >= 4 is 18.3 Å². The third kappa shape index (κ3) is 4.68. The number of amides is 1. The maximum absolute atomic E-state index is 12.7. The Morgan fingerprint density at radius 2 is 1.67 bits per heavy atom. The van der Waals surface area contributed by atoms with E-state index in [1.165, 1.54) is 0 Å². The van der Waals surface area contributed by atoms with Gasteiger partial charge in [0.25, 0.3) is 5.91 Å². The first-order chi connectivity index (χ1) is 11.1. The molecule has 6 nitrogen and oxygen atoms in total. The van der Waals surface area contributed by atoms with Crippen molar-refractivity contribution in [3.8, 4) is 17.2 Å². The number of ether oxygens (including phenoxy) is 3. The van der Waals surface area contributed by atoms with Gasteiger partial charge in [-0.2, -0.15) is 0 Å². The summed E-state index contributed by atoms with van der Waals surface area (Å²) in [5, 5.41) is 0. The van der Waals surface area contributed by atoms with E-state index in [-0.39, 0.29) is 24.4 Å². The lowest BCUT2D eigenvalue weighted by atomic mass is 10.1. The van der Waals surface area contributed by atoms with Gasteiger partial charge in [-0.15, -0.1) is 12.4 Å². The van der Waals surface area contributed by atoms with Crippen LogP contribution in [0.1, 0.15) is 37.6 Å². The molecule has 1 fully saturated rings. The molecule has 24 heavy (non-hydrogen) atoms. The van der Waals surface area contributed by atoms with E-state index < -0.39 is 0 Å². The average molecular weight is 359 g/mol. The second-order valence-electron chi connectivity index (χ2n) is 5.40. The third-order valence-electron chi connectivity index (χ3n) is 3.67. The van der Waals surface area contributed by atoms with Crippen molar-refractivity contribution < 1.29 is 19.0 Å². The van der Waals surface area contributed by atoms with Crippen LogP contribution in [-0.4, -0.2) is 49.8 Å². The quantitative estimate of drug-likeness (QED) is 0.810. The summed E-state index contributed by atoms with van der Waals surface area (Å²) in [6.07, 6.45) is 0.833. The normalized spacial score (nSPS) is 16.5. The van der Waals surface area contributed by atoms with Crippen LogP contribution in [0.15, 0.2) is 12.1 Å². The Morgan fingerprint density at radius 3 is 2.08 bits per heavy atom. The molecule has 2 rings (SSSR count). The van der Waals surface area contributed by atoms with Gasteiger partial charge in [-0.1, -0.05) is 0 Å². The molecule has 1 heterocycles. The number of hydrogen-bond acceptors (Lipinski definition) is 5. The Balaban J connectivity index is 0.00000288. The minimum absolute atomic E-state index is 0. The van der Waals surface area contributed by atoms with Crippen molar-refractivity contribution in [3.63, 3.8) is 0 Å². The Bertz CT molecular complexity index is 526. The maximum Gasteiger partial charge on any atom is 0.254 e. The highest BCUT2D eigenvalue weighted by atomic mass is 35.5. The number of nitrogens with two attached hydrogens (primary N) is 1. The second-order valence-corrected chi connectivity index (χ2v) is 5.40. The molecule has 1 aromatic carbocycles. The van der Waals surface area contributed by atoms with E-state index in [0.717, 1.165) is 6.42 Å². The van der Waals surface area contributed by atoms with Gasteiger partial charge in [0.2, 0.25) is 5.75 Å². The maximum atomic E-state index is 12.7. The Morgan fingerprint density at radius 1 is 1.12 bits per heavy atom. The molecule has 1 aliphatic heterocycles. The van der Waals surface area contributed by atoms with Gasteiger partial charge in [-0.05, 0) is 39.3 Å². The van der Waals surface area contributed by atoms with E-state index in [2.05, 4.69) is 0 Å². The van der Waals surface area contributed by atoms with Gasteiger partial charge in [-0.25, -0.2) is 0 Å². The molecule has 1 aromatic rings. The summed E-state index contributed by atoms with van der Waals surface area (Å²) in [5.41, 5.74) is 6.43. The number of rotatable bonds is 7. The summed E-state index contributed by atoms with van der Waals surface area (Å²) < 4.78 is 17.0. The van der Waals surface area contributed by atoms with Crippen LogP contribution in [0.5, 0.6) is 17.2 Å². The third-order valence-corrected chi connectivity index (χ3v) is 3.67. The molecule has 0 unspecified atom stereocenters. The number of halogens is 1. The number of hydrogen-bond donors (Lipinski definition) is 1. The molecule has 0 radical (unpaired) electrons. The predicted molar refractivity (Wildman–Crippen MR) is 95.7 cm³/mol. The van der Waals surface area contributed by atoms with Crippen LogP contribution < -0.4 is 19.9 Å². The number of nitrogens with zero attached hydrogens (tertiary/aromatic N) is 1. The Labute approximate surface area is 149 Å². The van der Waals surface area contributed by atoms with Crippen molar-refractivity contribution in [2.75, 3.05) is 32.9 Å². The highest BCUT2D eigenvalue weighted by Crippen LogP contribution is 2.39. The summed E-state index contributed by atoms with van der Waals surface area (Å²) in [6.45, 7) is 8.41. The van der Waals surface area contributed by atoms with E-state index in [0.29, 0.717) is 55.7 Å². The minimum atomic E-state index is -0.0529. The van der Waals surface area contributed by atoms with Gasteiger partial charge < -0.3 is 24.8 Å². The molecule has 1 amide bonds. The molecule has 136 valence electrons. The van der Waals surface area contributed by atoms with Gasteiger partial charge in [-0.3, -0.25) is 4.79 Å². The Kier molecular flexibility index (Phi) is 8.15. The zero-order valence-electron chi connectivity index (χ0n) is 14.5. The van der Waals surface area contributed by atoms with Crippen molar-refractivity contribution in [3.05, 3.63) is 17.7 Å². The number of carbonyl (C=O) groups excluding carboxylic acids is 1. The predicted octanol–water partition coefficient (Wildman–Crippen LogP) is 2.48. The van der Waals surface area contributed by atoms with Gasteiger partial charge in [0.15, 0.2) is 11.5 Å². The van der Waals surface area contributed by atoms with E-state index in [9.17, 15) is 4.79 Å². The minimum Gasteiger partial charge on any atom is -0.490 e. The van der Waals surface area contributed by atoms with E-state index in [1.807, 2.05) is 20.8 Å². The molecule has 2 N–H and O–H groups in total. The highest BCUT2D eigenvalue weighted by Gasteiger charge is 2.26. The largest absolute Gasteiger partial charge is 0.490 e. The van der Waals surface area contributed by atoms with E-state index in [4.69, 9.17) is 19.9 Å². The zero-order chi connectivity index (χ0) is 16.8. The van der Waals surface area contributed by atoms with Crippen LogP contribution in [0, 0.1) is 0 Å². The molecule has 1 aliphatic rings. The van der Waals surface area contributed by atoms with E-state index >= 15 is 0 Å². The summed E-state index contributed by atoms with van der Waals surface area (Å²) in [5.74, 6) is 1.56. The average Bonchev–Trinajstić information content (AvgIpc) is 2.96.